The van der Waals surface area contributed by atoms with E-state index >= 15 is 0 Å². The van der Waals surface area contributed by atoms with Crippen molar-refractivity contribution in [1.82, 2.24) is 5.32 Å². The lowest BCUT2D eigenvalue weighted by atomic mass is 9.73. The predicted molar refractivity (Wildman–Crippen MR) is 95.0 cm³/mol. The summed E-state index contributed by atoms with van der Waals surface area (Å²) in [5.74, 6) is 0. The van der Waals surface area contributed by atoms with Crippen LogP contribution in [0.2, 0.25) is 0 Å². The third-order valence-corrected chi connectivity index (χ3v) is 5.39. The molecule has 6 nitrogen and oxygen atoms in total. The molecule has 2 aliphatic rings. The largest absolute Gasteiger partial charge is 0.495 e. The number of benzene rings is 1. The van der Waals surface area contributed by atoms with Crippen LogP contribution in [0.1, 0.15) is 44.9 Å². The van der Waals surface area contributed by atoms with Crippen molar-refractivity contribution in [3.05, 3.63) is 29.3 Å². The van der Waals surface area contributed by atoms with E-state index in [1.807, 2.05) is 12.1 Å². The number of carbonyl (C=O) groups is 1. The minimum absolute atomic E-state index is 0.203. The number of hydrogen-bond acceptors (Lipinski definition) is 5. The number of ether oxygens (including phenoxy) is 2. The molecule has 1 amide bonds. The number of methoxy groups -OCH3 is 1. The van der Waals surface area contributed by atoms with Crippen molar-refractivity contribution in [3.8, 4) is 0 Å². The molecule has 0 bridgehead atoms. The molecular weight excluding hydrogens is 321 g/mol. The monoisotopic (exact) mass is 347 g/mol. The molecule has 1 aromatic carbocycles. The van der Waals surface area contributed by atoms with E-state index in [9.17, 15) is 4.79 Å². The molecule has 0 spiro atoms. The second-order valence-corrected chi connectivity index (χ2v) is 7.49. The van der Waals surface area contributed by atoms with Crippen molar-refractivity contribution in [2.24, 2.45) is 0 Å². The van der Waals surface area contributed by atoms with Crippen molar-refractivity contribution in [1.29, 1.82) is 0 Å². The van der Waals surface area contributed by atoms with Crippen molar-refractivity contribution >= 4 is 18.7 Å². The third-order valence-electron chi connectivity index (χ3n) is 5.39. The Labute approximate surface area is 149 Å². The molecule has 0 aromatic heterocycles. The lowest BCUT2D eigenvalue weighted by Gasteiger charge is -2.32. The Kier molecular flexibility index (Phi) is 4.83. The molecule has 1 atom stereocenters. The summed E-state index contributed by atoms with van der Waals surface area (Å²) in [5.41, 5.74) is 2.54. The summed E-state index contributed by atoms with van der Waals surface area (Å²) >= 11 is 0. The highest BCUT2D eigenvalue weighted by atomic mass is 16.7. The second kappa shape index (κ2) is 6.63. The van der Waals surface area contributed by atoms with Gasteiger partial charge in [-0.15, -0.1) is 0 Å². The summed E-state index contributed by atoms with van der Waals surface area (Å²) in [6.45, 7) is 9.16. The molecule has 1 aromatic rings. The summed E-state index contributed by atoms with van der Waals surface area (Å²) in [5, 5.41) is 2.71. The van der Waals surface area contributed by atoms with E-state index in [4.69, 9.17) is 14.0 Å². The zero-order valence-corrected chi connectivity index (χ0v) is 15.5. The Morgan fingerprint density at radius 1 is 1.28 bits per heavy atom. The van der Waals surface area contributed by atoms with Gasteiger partial charge in [-0.05, 0) is 50.7 Å². The Morgan fingerprint density at radius 3 is 2.60 bits per heavy atom. The van der Waals surface area contributed by atoms with Crippen molar-refractivity contribution in [3.63, 3.8) is 0 Å². The molecular formula is C18H26BNO5. The van der Waals surface area contributed by atoms with E-state index in [1.54, 1.807) is 0 Å². The minimum atomic E-state index is -0.460. The van der Waals surface area contributed by atoms with Crippen LogP contribution in [0.15, 0.2) is 18.2 Å². The van der Waals surface area contributed by atoms with E-state index in [0.717, 1.165) is 17.4 Å². The summed E-state index contributed by atoms with van der Waals surface area (Å²) in [7, 11) is 0.953. The lowest BCUT2D eigenvalue weighted by molar-refractivity contribution is 0.00578. The highest BCUT2D eigenvalue weighted by molar-refractivity contribution is 6.62. The zero-order chi connectivity index (χ0) is 18.2. The average Bonchev–Trinajstić information content (AvgIpc) is 2.79. The molecule has 1 unspecified atom stereocenters. The van der Waals surface area contributed by atoms with Crippen LogP contribution in [0.5, 0.6) is 0 Å². The number of hydrogen-bond donors (Lipinski definition) is 1. The smallest absolute Gasteiger partial charge is 0.453 e. The van der Waals surface area contributed by atoms with Crippen LogP contribution in [-0.4, -0.2) is 44.7 Å². The fourth-order valence-corrected chi connectivity index (χ4v) is 3.21. The van der Waals surface area contributed by atoms with Gasteiger partial charge in [0.25, 0.3) is 0 Å². The minimum Gasteiger partial charge on any atom is -0.453 e. The van der Waals surface area contributed by atoms with Gasteiger partial charge in [0.2, 0.25) is 0 Å². The molecule has 7 heteroatoms. The number of amides is 1. The lowest BCUT2D eigenvalue weighted by Crippen LogP contribution is -2.41. The first kappa shape index (κ1) is 18.2. The quantitative estimate of drug-likeness (QED) is 0.847. The van der Waals surface area contributed by atoms with Crippen molar-refractivity contribution in [2.75, 3.05) is 20.3 Å². The maximum atomic E-state index is 11.4. The number of carbonyl (C=O) groups excluding carboxylic acids is 1. The Bertz CT molecular complexity index is 645. The van der Waals surface area contributed by atoms with E-state index < -0.39 is 13.2 Å². The van der Waals surface area contributed by atoms with Gasteiger partial charge in [0.15, 0.2) is 0 Å². The summed E-state index contributed by atoms with van der Waals surface area (Å²) in [6.07, 6.45) is 0.132. The van der Waals surface area contributed by atoms with Crippen LogP contribution < -0.4 is 10.8 Å². The van der Waals surface area contributed by atoms with Gasteiger partial charge in [-0.1, -0.05) is 18.2 Å². The topological polar surface area (TPSA) is 66.0 Å². The first-order chi connectivity index (χ1) is 11.7. The Balaban J connectivity index is 1.86. The number of alkyl carbamates (subject to hydrolysis) is 1. The predicted octanol–water partition coefficient (Wildman–Crippen LogP) is 1.96. The normalized spacial score (nSPS) is 23.9. The standard InChI is InChI=1S/C18H26BNO5/c1-17(2)18(3,4)25-19(24-17)14-8-6-7-13-12(14)9-10-23-15(13)11-20-16(21)22-5/h6-8,15H,9-11H2,1-5H3,(H,20,21). The Morgan fingerprint density at radius 2 is 1.96 bits per heavy atom. The van der Waals surface area contributed by atoms with Crippen LogP contribution in [0.4, 0.5) is 4.79 Å². The molecule has 1 saturated heterocycles. The SMILES string of the molecule is COC(=O)NCC1OCCc2c(B3OC(C)(C)C(C)(C)O3)cccc21. The third kappa shape index (κ3) is 3.41. The molecule has 0 radical (unpaired) electrons. The van der Waals surface area contributed by atoms with Gasteiger partial charge in [-0.25, -0.2) is 4.79 Å². The molecule has 0 aliphatic carbocycles. The number of nitrogens with one attached hydrogen (secondary N) is 1. The van der Waals surface area contributed by atoms with E-state index in [2.05, 4.69) is 43.8 Å². The molecule has 1 N–H and O–H groups in total. The van der Waals surface area contributed by atoms with Crippen LogP contribution in [0.3, 0.4) is 0 Å². The maximum absolute atomic E-state index is 11.4. The van der Waals surface area contributed by atoms with Gasteiger partial charge >= 0.3 is 13.2 Å². The summed E-state index contributed by atoms with van der Waals surface area (Å²) in [4.78, 5) is 11.4. The van der Waals surface area contributed by atoms with Gasteiger partial charge in [-0.3, -0.25) is 0 Å². The van der Waals surface area contributed by atoms with Crippen LogP contribution >= 0.6 is 0 Å². The molecule has 3 rings (SSSR count). The van der Waals surface area contributed by atoms with Gasteiger partial charge in [0.1, 0.15) is 6.10 Å². The van der Waals surface area contributed by atoms with Crippen LogP contribution in [0.25, 0.3) is 0 Å². The van der Waals surface area contributed by atoms with E-state index in [-0.39, 0.29) is 17.3 Å². The van der Waals surface area contributed by atoms with E-state index in [1.165, 1.54) is 12.7 Å². The van der Waals surface area contributed by atoms with Gasteiger partial charge < -0.3 is 24.1 Å². The fourth-order valence-electron chi connectivity index (χ4n) is 3.21. The summed E-state index contributed by atoms with van der Waals surface area (Å²) in [6, 6.07) is 6.07. The molecule has 2 heterocycles. The maximum Gasteiger partial charge on any atom is 0.495 e. The van der Waals surface area contributed by atoms with Gasteiger partial charge in [-0.2, -0.15) is 0 Å². The molecule has 1 fully saturated rings. The van der Waals surface area contributed by atoms with Crippen LogP contribution in [-0.2, 0) is 25.2 Å². The second-order valence-electron chi connectivity index (χ2n) is 7.49. The van der Waals surface area contributed by atoms with Crippen molar-refractivity contribution in [2.45, 2.75) is 51.4 Å². The Hall–Kier alpha value is -1.57. The molecule has 2 aliphatic heterocycles. The van der Waals surface area contributed by atoms with Gasteiger partial charge in [0, 0.05) is 0 Å². The first-order valence-electron chi connectivity index (χ1n) is 8.66. The number of fused-ring (bicyclic) bond motifs is 1. The highest BCUT2D eigenvalue weighted by Gasteiger charge is 2.52. The van der Waals surface area contributed by atoms with Crippen molar-refractivity contribution < 1.29 is 23.6 Å². The molecule has 0 saturated carbocycles. The fraction of sp³-hybridized carbons (Fsp3) is 0.611. The number of rotatable bonds is 3. The molecule has 25 heavy (non-hydrogen) atoms. The van der Waals surface area contributed by atoms with E-state index in [0.29, 0.717) is 13.2 Å². The molecule has 136 valence electrons. The average molecular weight is 347 g/mol. The van der Waals surface area contributed by atoms with Crippen LogP contribution in [0, 0.1) is 0 Å². The highest BCUT2D eigenvalue weighted by Crippen LogP contribution is 2.37. The van der Waals surface area contributed by atoms with Gasteiger partial charge in [0.05, 0.1) is 31.5 Å². The first-order valence-corrected chi connectivity index (χ1v) is 8.66. The zero-order valence-electron chi connectivity index (χ0n) is 15.5. The summed E-state index contributed by atoms with van der Waals surface area (Å²) < 4.78 is 22.9.